The zero-order valence-corrected chi connectivity index (χ0v) is 10.4. The maximum atomic E-state index is 11.5. The van der Waals surface area contributed by atoms with Gasteiger partial charge in [-0.2, -0.15) is 8.42 Å². The van der Waals surface area contributed by atoms with E-state index in [9.17, 15) is 13.0 Å². The van der Waals surface area contributed by atoms with Crippen LogP contribution in [0.2, 0.25) is 0 Å². The van der Waals surface area contributed by atoms with Crippen molar-refractivity contribution in [2.24, 2.45) is 0 Å². The molecular formula is C13H14O3S. The van der Waals surface area contributed by atoms with E-state index in [0.29, 0.717) is 17.4 Å². The lowest BCUT2D eigenvalue weighted by Crippen LogP contribution is -2.04. The van der Waals surface area contributed by atoms with Gasteiger partial charge >= 0.3 is 0 Å². The summed E-state index contributed by atoms with van der Waals surface area (Å²) in [6, 6.07) is 10.8. The van der Waals surface area contributed by atoms with E-state index in [-0.39, 0.29) is 4.90 Å². The van der Waals surface area contributed by atoms with Gasteiger partial charge in [0.05, 0.1) is 0 Å². The van der Waals surface area contributed by atoms with Crippen molar-refractivity contribution >= 4 is 20.9 Å². The first kappa shape index (κ1) is 12.1. The summed E-state index contributed by atoms with van der Waals surface area (Å²) in [7, 11) is -4.18. The Labute approximate surface area is 101 Å². The second-order valence-electron chi connectivity index (χ2n) is 4.00. The van der Waals surface area contributed by atoms with Gasteiger partial charge in [-0.05, 0) is 17.4 Å². The van der Waals surface area contributed by atoms with Crippen molar-refractivity contribution in [1.82, 2.24) is 0 Å². The van der Waals surface area contributed by atoms with Crippen molar-refractivity contribution in [3.63, 3.8) is 0 Å². The average Bonchev–Trinajstić information content (AvgIpc) is 2.27. The molecule has 0 radical (unpaired) electrons. The van der Waals surface area contributed by atoms with Crippen molar-refractivity contribution in [2.45, 2.75) is 24.7 Å². The second kappa shape index (κ2) is 4.47. The van der Waals surface area contributed by atoms with E-state index in [2.05, 4.69) is 0 Å². The Morgan fingerprint density at radius 2 is 1.82 bits per heavy atom. The van der Waals surface area contributed by atoms with E-state index >= 15 is 0 Å². The highest BCUT2D eigenvalue weighted by molar-refractivity contribution is 7.86. The van der Waals surface area contributed by atoms with Gasteiger partial charge in [0.15, 0.2) is 0 Å². The zero-order chi connectivity index (χ0) is 12.5. The van der Waals surface area contributed by atoms with Gasteiger partial charge in [0.25, 0.3) is 10.1 Å². The van der Waals surface area contributed by atoms with Crippen LogP contribution in [0.3, 0.4) is 0 Å². The molecule has 3 nitrogen and oxygen atoms in total. The van der Waals surface area contributed by atoms with Crippen molar-refractivity contribution < 1.29 is 13.0 Å². The normalized spacial score (nSPS) is 11.9. The molecule has 0 amide bonds. The van der Waals surface area contributed by atoms with Gasteiger partial charge in [-0.3, -0.25) is 4.55 Å². The molecule has 2 rings (SSSR count). The second-order valence-corrected chi connectivity index (χ2v) is 5.36. The Bertz CT molecular complexity index is 645. The van der Waals surface area contributed by atoms with Crippen LogP contribution in [0.1, 0.15) is 18.9 Å². The highest BCUT2D eigenvalue weighted by atomic mass is 32.2. The molecule has 0 aliphatic carbocycles. The van der Waals surface area contributed by atoms with Gasteiger partial charge in [-0.15, -0.1) is 0 Å². The molecule has 0 bridgehead atoms. The Kier molecular flexibility index (Phi) is 3.17. The molecule has 17 heavy (non-hydrogen) atoms. The van der Waals surface area contributed by atoms with Gasteiger partial charge in [-0.25, -0.2) is 0 Å². The quantitative estimate of drug-likeness (QED) is 0.852. The fourth-order valence-corrected chi connectivity index (χ4v) is 3.02. The minimum Gasteiger partial charge on any atom is -0.282 e. The third kappa shape index (κ3) is 2.33. The highest BCUT2D eigenvalue weighted by Crippen LogP contribution is 2.27. The number of rotatable bonds is 3. The van der Waals surface area contributed by atoms with Gasteiger partial charge < -0.3 is 0 Å². The summed E-state index contributed by atoms with van der Waals surface area (Å²) in [6.07, 6.45) is 1.47. The molecule has 0 saturated heterocycles. The molecule has 0 aliphatic rings. The molecule has 90 valence electrons. The van der Waals surface area contributed by atoms with Crippen LogP contribution in [0, 0.1) is 0 Å². The highest BCUT2D eigenvalue weighted by Gasteiger charge is 2.18. The topological polar surface area (TPSA) is 54.4 Å². The predicted octanol–water partition coefficient (Wildman–Crippen LogP) is 3.04. The third-order valence-electron chi connectivity index (χ3n) is 2.74. The Hall–Kier alpha value is -1.39. The molecule has 2 aromatic rings. The van der Waals surface area contributed by atoms with E-state index in [1.165, 1.54) is 0 Å². The van der Waals surface area contributed by atoms with Crippen molar-refractivity contribution in [3.05, 3.63) is 42.0 Å². The molecule has 2 aromatic carbocycles. The van der Waals surface area contributed by atoms with E-state index < -0.39 is 10.1 Å². The summed E-state index contributed by atoms with van der Waals surface area (Å²) < 4.78 is 32.4. The first-order valence-corrected chi connectivity index (χ1v) is 6.96. The van der Waals surface area contributed by atoms with Crippen molar-refractivity contribution in [1.29, 1.82) is 0 Å². The predicted molar refractivity (Wildman–Crippen MR) is 67.8 cm³/mol. The summed E-state index contributed by atoms with van der Waals surface area (Å²) in [5, 5.41) is 1.40. The fraction of sp³-hybridized carbons (Fsp3) is 0.231. The van der Waals surface area contributed by atoms with Crippen LogP contribution in [-0.4, -0.2) is 13.0 Å². The molecule has 0 atom stereocenters. The van der Waals surface area contributed by atoms with E-state index in [1.807, 2.05) is 25.1 Å². The molecule has 0 spiro atoms. The van der Waals surface area contributed by atoms with Crippen molar-refractivity contribution in [3.8, 4) is 0 Å². The number of hydrogen-bond donors (Lipinski definition) is 1. The largest absolute Gasteiger partial charge is 0.295 e. The SMILES string of the molecule is CCCc1ccc2ccccc2c1S(=O)(=O)O. The van der Waals surface area contributed by atoms with Crippen LogP contribution in [0.4, 0.5) is 0 Å². The van der Waals surface area contributed by atoms with Crippen LogP contribution in [-0.2, 0) is 16.5 Å². The number of aryl methyl sites for hydroxylation is 1. The van der Waals surface area contributed by atoms with Gasteiger partial charge in [0.2, 0.25) is 0 Å². The summed E-state index contributed by atoms with van der Waals surface area (Å²) in [4.78, 5) is 0.0532. The first-order valence-electron chi connectivity index (χ1n) is 5.52. The molecule has 0 saturated carbocycles. The monoisotopic (exact) mass is 250 g/mol. The van der Waals surface area contributed by atoms with E-state index in [1.54, 1.807) is 18.2 Å². The minimum absolute atomic E-state index is 0.0532. The van der Waals surface area contributed by atoms with Crippen molar-refractivity contribution in [2.75, 3.05) is 0 Å². The van der Waals surface area contributed by atoms with Crippen LogP contribution in [0.5, 0.6) is 0 Å². The van der Waals surface area contributed by atoms with Gasteiger partial charge in [0.1, 0.15) is 4.90 Å². The standard InChI is InChI=1S/C13H14O3S/c1-2-5-11-9-8-10-6-3-4-7-12(10)13(11)17(14,15)16/h3-4,6-9H,2,5H2,1H3,(H,14,15,16). The molecule has 0 unspecified atom stereocenters. The maximum Gasteiger partial charge on any atom is 0.295 e. The lowest BCUT2D eigenvalue weighted by atomic mass is 10.0. The minimum atomic E-state index is -4.18. The number of hydrogen-bond acceptors (Lipinski definition) is 2. The molecule has 0 fully saturated rings. The molecule has 4 heteroatoms. The van der Waals surface area contributed by atoms with Crippen LogP contribution in [0.25, 0.3) is 10.8 Å². The lowest BCUT2D eigenvalue weighted by Gasteiger charge is -2.09. The zero-order valence-electron chi connectivity index (χ0n) is 9.55. The Morgan fingerprint density at radius 3 is 2.47 bits per heavy atom. The lowest BCUT2D eigenvalue weighted by molar-refractivity contribution is 0.483. The molecule has 0 heterocycles. The number of benzene rings is 2. The third-order valence-corrected chi connectivity index (χ3v) is 3.74. The van der Waals surface area contributed by atoms with Crippen LogP contribution >= 0.6 is 0 Å². The summed E-state index contributed by atoms with van der Waals surface area (Å²) in [6.45, 7) is 1.98. The molecule has 0 aliphatic heterocycles. The smallest absolute Gasteiger partial charge is 0.282 e. The van der Waals surface area contributed by atoms with Crippen LogP contribution in [0.15, 0.2) is 41.3 Å². The average molecular weight is 250 g/mol. The fourth-order valence-electron chi connectivity index (χ4n) is 2.06. The van der Waals surface area contributed by atoms with Gasteiger partial charge in [-0.1, -0.05) is 49.7 Å². The first-order chi connectivity index (χ1) is 8.04. The Morgan fingerprint density at radius 1 is 1.12 bits per heavy atom. The summed E-state index contributed by atoms with van der Waals surface area (Å²) in [5.74, 6) is 0. The molecular weight excluding hydrogens is 236 g/mol. The molecule has 1 N–H and O–H groups in total. The van der Waals surface area contributed by atoms with E-state index in [4.69, 9.17) is 0 Å². The molecule has 0 aromatic heterocycles. The maximum absolute atomic E-state index is 11.5. The van der Waals surface area contributed by atoms with E-state index in [0.717, 1.165) is 11.8 Å². The van der Waals surface area contributed by atoms with Crippen LogP contribution < -0.4 is 0 Å². The van der Waals surface area contributed by atoms with Gasteiger partial charge in [0, 0.05) is 5.39 Å². The number of fused-ring (bicyclic) bond motifs is 1. The Balaban J connectivity index is 2.85. The summed E-state index contributed by atoms with van der Waals surface area (Å²) in [5.41, 5.74) is 0.675. The summed E-state index contributed by atoms with van der Waals surface area (Å²) >= 11 is 0.